The fraction of sp³-hybridized carbons (Fsp3) is 0.231. The molecule has 1 aromatic carbocycles. The number of hydrogen-bond donors (Lipinski definition) is 1. The fourth-order valence-corrected chi connectivity index (χ4v) is 2.24. The van der Waals surface area contributed by atoms with Gasteiger partial charge in [-0.1, -0.05) is 15.9 Å². The predicted octanol–water partition coefficient (Wildman–Crippen LogP) is 2.10. The number of rotatable bonds is 2. The summed E-state index contributed by atoms with van der Waals surface area (Å²) in [7, 11) is 0. The first-order valence-electron chi connectivity index (χ1n) is 5.50. The third kappa shape index (κ3) is 2.37. The van der Waals surface area contributed by atoms with E-state index in [2.05, 4.69) is 21.0 Å². The van der Waals surface area contributed by atoms with Crippen molar-refractivity contribution in [2.45, 2.75) is 20.5 Å². The van der Waals surface area contributed by atoms with Crippen molar-refractivity contribution < 1.29 is 5.11 Å². The van der Waals surface area contributed by atoms with E-state index < -0.39 is 0 Å². The van der Waals surface area contributed by atoms with Gasteiger partial charge in [-0.2, -0.15) is 9.78 Å². The molecule has 18 heavy (non-hydrogen) atoms. The number of halogens is 1. The molecule has 0 saturated heterocycles. The molecule has 0 radical (unpaired) electrons. The minimum absolute atomic E-state index is 0.172. The molecule has 0 unspecified atom stereocenters. The molecule has 0 spiro atoms. The van der Waals surface area contributed by atoms with Gasteiger partial charge < -0.3 is 5.11 Å². The highest BCUT2D eigenvalue weighted by Crippen LogP contribution is 2.18. The molecule has 94 valence electrons. The third-order valence-corrected chi connectivity index (χ3v) is 3.27. The van der Waals surface area contributed by atoms with Gasteiger partial charge in [0.15, 0.2) is 0 Å². The topological polar surface area (TPSA) is 55.1 Å². The van der Waals surface area contributed by atoms with Crippen molar-refractivity contribution in [1.82, 2.24) is 9.78 Å². The van der Waals surface area contributed by atoms with Crippen molar-refractivity contribution in [2.75, 3.05) is 0 Å². The van der Waals surface area contributed by atoms with Crippen molar-refractivity contribution in [3.8, 4) is 5.69 Å². The molecule has 0 aliphatic heterocycles. The molecule has 0 atom stereocenters. The molecule has 0 saturated carbocycles. The number of hydrogen-bond acceptors (Lipinski definition) is 3. The summed E-state index contributed by atoms with van der Waals surface area (Å²) < 4.78 is 2.32. The van der Waals surface area contributed by atoms with Crippen LogP contribution in [0.25, 0.3) is 5.69 Å². The van der Waals surface area contributed by atoms with E-state index in [0.29, 0.717) is 11.3 Å². The van der Waals surface area contributed by atoms with Gasteiger partial charge in [-0.05, 0) is 37.6 Å². The smallest absolute Gasteiger partial charge is 0.271 e. The molecule has 4 nitrogen and oxygen atoms in total. The van der Waals surface area contributed by atoms with Crippen molar-refractivity contribution in [1.29, 1.82) is 0 Å². The summed E-state index contributed by atoms with van der Waals surface area (Å²) in [5.41, 5.74) is 2.67. The second kappa shape index (κ2) is 5.04. The van der Waals surface area contributed by atoms with Crippen LogP contribution in [-0.2, 0) is 6.61 Å². The van der Waals surface area contributed by atoms with Gasteiger partial charge in [-0.25, -0.2) is 0 Å². The molecule has 2 rings (SSSR count). The first-order valence-corrected chi connectivity index (χ1v) is 6.29. The molecule has 1 aromatic heterocycles. The Bertz CT molecular complexity index is 650. The lowest BCUT2D eigenvalue weighted by molar-refractivity contribution is 0.279. The van der Waals surface area contributed by atoms with E-state index >= 15 is 0 Å². The van der Waals surface area contributed by atoms with E-state index in [-0.39, 0.29) is 12.2 Å². The van der Waals surface area contributed by atoms with Crippen LogP contribution in [0, 0.1) is 13.8 Å². The molecular formula is C13H13BrN2O2. The highest BCUT2D eigenvalue weighted by atomic mass is 79.9. The number of aromatic nitrogens is 2. The number of aliphatic hydroxyl groups excluding tert-OH is 1. The summed E-state index contributed by atoms with van der Waals surface area (Å²) in [6, 6.07) is 7.06. The van der Waals surface area contributed by atoms with E-state index in [1.54, 1.807) is 6.92 Å². The zero-order chi connectivity index (χ0) is 13.3. The lowest BCUT2D eigenvalue weighted by Crippen LogP contribution is -2.23. The predicted molar refractivity (Wildman–Crippen MR) is 72.9 cm³/mol. The van der Waals surface area contributed by atoms with E-state index in [4.69, 9.17) is 5.11 Å². The van der Waals surface area contributed by atoms with Crippen LogP contribution in [0.4, 0.5) is 0 Å². The van der Waals surface area contributed by atoms with Crippen LogP contribution in [0.1, 0.15) is 16.8 Å². The first-order chi connectivity index (χ1) is 8.52. The van der Waals surface area contributed by atoms with Gasteiger partial charge >= 0.3 is 0 Å². The Morgan fingerprint density at radius 3 is 2.67 bits per heavy atom. The Morgan fingerprint density at radius 1 is 1.33 bits per heavy atom. The SMILES string of the molecule is Cc1cc(Br)ccc1-n1nc(C)c(CO)cc1=O. The second-order valence-electron chi connectivity index (χ2n) is 4.09. The highest BCUT2D eigenvalue weighted by molar-refractivity contribution is 9.10. The second-order valence-corrected chi connectivity index (χ2v) is 5.01. The highest BCUT2D eigenvalue weighted by Gasteiger charge is 2.08. The quantitative estimate of drug-likeness (QED) is 0.924. The summed E-state index contributed by atoms with van der Waals surface area (Å²) in [6.07, 6.45) is 0. The Labute approximate surface area is 113 Å². The number of nitrogens with zero attached hydrogens (tertiary/aromatic N) is 2. The van der Waals surface area contributed by atoms with Crippen LogP contribution in [0.3, 0.4) is 0 Å². The normalized spacial score (nSPS) is 10.7. The van der Waals surface area contributed by atoms with Crippen LogP contribution in [-0.4, -0.2) is 14.9 Å². The van der Waals surface area contributed by atoms with E-state index in [9.17, 15) is 4.79 Å². The minimum atomic E-state index is -0.241. The fourth-order valence-electron chi connectivity index (χ4n) is 1.77. The van der Waals surface area contributed by atoms with Crippen LogP contribution in [0.2, 0.25) is 0 Å². The maximum atomic E-state index is 12.0. The largest absolute Gasteiger partial charge is 0.392 e. The lowest BCUT2D eigenvalue weighted by atomic mass is 10.2. The molecule has 1 heterocycles. The van der Waals surface area contributed by atoms with Crippen LogP contribution < -0.4 is 5.56 Å². The molecule has 0 aliphatic carbocycles. The van der Waals surface area contributed by atoms with Crippen LogP contribution in [0.5, 0.6) is 0 Å². The lowest BCUT2D eigenvalue weighted by Gasteiger charge is -2.10. The molecule has 0 amide bonds. The van der Waals surface area contributed by atoms with E-state index in [0.717, 1.165) is 15.7 Å². The van der Waals surface area contributed by atoms with Gasteiger partial charge in [0, 0.05) is 16.1 Å². The molecule has 0 fully saturated rings. The number of benzene rings is 1. The van der Waals surface area contributed by atoms with Gasteiger partial charge in [0.25, 0.3) is 5.56 Å². The molecule has 0 bridgehead atoms. The minimum Gasteiger partial charge on any atom is -0.392 e. The summed E-state index contributed by atoms with van der Waals surface area (Å²) in [5, 5.41) is 13.3. The standard InChI is InChI=1S/C13H13BrN2O2/c1-8-5-11(14)3-4-12(8)16-13(18)6-10(7-17)9(2)15-16/h3-6,17H,7H2,1-2H3. The first kappa shape index (κ1) is 13.0. The zero-order valence-electron chi connectivity index (χ0n) is 10.1. The van der Waals surface area contributed by atoms with Gasteiger partial charge in [-0.15, -0.1) is 0 Å². The Kier molecular flexibility index (Phi) is 3.63. The molecule has 2 aromatic rings. The molecule has 1 N–H and O–H groups in total. The number of aliphatic hydroxyl groups is 1. The average molecular weight is 309 g/mol. The number of aryl methyl sites for hydroxylation is 2. The Hall–Kier alpha value is -1.46. The van der Waals surface area contributed by atoms with Gasteiger partial charge in [0.05, 0.1) is 18.0 Å². The Morgan fingerprint density at radius 2 is 2.06 bits per heavy atom. The van der Waals surface area contributed by atoms with Gasteiger partial charge in [0.2, 0.25) is 0 Å². The summed E-state index contributed by atoms with van der Waals surface area (Å²) >= 11 is 3.38. The Balaban J connectivity index is 2.64. The summed E-state index contributed by atoms with van der Waals surface area (Å²) in [4.78, 5) is 12.0. The van der Waals surface area contributed by atoms with Gasteiger partial charge in [0.1, 0.15) is 0 Å². The van der Waals surface area contributed by atoms with Gasteiger partial charge in [-0.3, -0.25) is 4.79 Å². The summed E-state index contributed by atoms with van der Waals surface area (Å²) in [5.74, 6) is 0. The van der Waals surface area contributed by atoms with Crippen LogP contribution >= 0.6 is 15.9 Å². The van der Waals surface area contributed by atoms with E-state index in [1.165, 1.54) is 10.7 Å². The maximum Gasteiger partial charge on any atom is 0.271 e. The van der Waals surface area contributed by atoms with Crippen molar-refractivity contribution in [3.05, 3.63) is 55.9 Å². The van der Waals surface area contributed by atoms with Crippen LogP contribution in [0.15, 0.2) is 33.5 Å². The van der Waals surface area contributed by atoms with E-state index in [1.807, 2.05) is 25.1 Å². The maximum absolute atomic E-state index is 12.0. The molecular weight excluding hydrogens is 296 g/mol. The monoisotopic (exact) mass is 308 g/mol. The molecule has 5 heteroatoms. The van der Waals surface area contributed by atoms with Crippen molar-refractivity contribution >= 4 is 15.9 Å². The zero-order valence-corrected chi connectivity index (χ0v) is 11.7. The van der Waals surface area contributed by atoms with Crippen molar-refractivity contribution in [2.24, 2.45) is 0 Å². The third-order valence-electron chi connectivity index (χ3n) is 2.78. The average Bonchev–Trinajstić information content (AvgIpc) is 2.32. The summed E-state index contributed by atoms with van der Waals surface area (Å²) in [6.45, 7) is 3.52. The molecule has 0 aliphatic rings. The van der Waals surface area contributed by atoms with Crippen molar-refractivity contribution in [3.63, 3.8) is 0 Å².